The van der Waals surface area contributed by atoms with Gasteiger partial charge >= 0.3 is 6.18 Å². The number of nitrogens with two attached hydrogens (primary N) is 1. The molecule has 10 heteroatoms. The number of halogens is 5. The van der Waals surface area contributed by atoms with Crippen molar-refractivity contribution in [1.29, 1.82) is 0 Å². The fourth-order valence-electron chi connectivity index (χ4n) is 2.19. The van der Waals surface area contributed by atoms with Gasteiger partial charge in [0.15, 0.2) is 0 Å². The summed E-state index contributed by atoms with van der Waals surface area (Å²) in [5.41, 5.74) is 5.32. The molecule has 1 unspecified atom stereocenters. The van der Waals surface area contributed by atoms with Gasteiger partial charge in [-0.2, -0.15) is 18.3 Å². The summed E-state index contributed by atoms with van der Waals surface area (Å²) in [4.78, 5) is 12.0. The van der Waals surface area contributed by atoms with Gasteiger partial charge in [-0.3, -0.25) is 4.79 Å². The molecule has 1 aromatic carbocycles. The molecule has 144 valence electrons. The van der Waals surface area contributed by atoms with Crippen molar-refractivity contribution < 1.29 is 18.0 Å². The molecule has 0 aliphatic carbocycles. The number of aromatic nitrogens is 2. The zero-order valence-electron chi connectivity index (χ0n) is 14.1. The standard InChI is InChI=1S/C16H18ClF3N4O.ClH/c1-9(21)3-6-15(25)22-14-7-10(2)23-24(14)13-8-11(16(18,19)20)4-5-12(13)17;/h4-5,7-9H,3,6,21H2,1-2H3,(H,22,25);1H. The lowest BCUT2D eigenvalue weighted by atomic mass is 10.2. The number of rotatable bonds is 5. The minimum Gasteiger partial charge on any atom is -0.328 e. The van der Waals surface area contributed by atoms with Crippen molar-refractivity contribution in [1.82, 2.24) is 9.78 Å². The molecular formula is C16H19Cl2F3N4O. The molecular weight excluding hydrogens is 392 g/mol. The molecule has 0 saturated heterocycles. The van der Waals surface area contributed by atoms with Gasteiger partial charge in [-0.25, -0.2) is 4.68 Å². The van der Waals surface area contributed by atoms with Crippen molar-refractivity contribution in [3.05, 3.63) is 40.5 Å². The van der Waals surface area contributed by atoms with Gasteiger partial charge in [0.05, 0.1) is 22.0 Å². The number of hydrogen-bond acceptors (Lipinski definition) is 3. The number of carbonyl (C=O) groups is 1. The van der Waals surface area contributed by atoms with Crippen LogP contribution < -0.4 is 11.1 Å². The number of amides is 1. The van der Waals surface area contributed by atoms with Crippen LogP contribution in [0.25, 0.3) is 5.69 Å². The van der Waals surface area contributed by atoms with Crippen LogP contribution in [0.3, 0.4) is 0 Å². The first-order chi connectivity index (χ1) is 11.6. The quantitative estimate of drug-likeness (QED) is 0.769. The van der Waals surface area contributed by atoms with Crippen molar-refractivity contribution in [2.45, 2.75) is 38.9 Å². The van der Waals surface area contributed by atoms with Crippen molar-refractivity contribution in [3.8, 4) is 5.69 Å². The van der Waals surface area contributed by atoms with E-state index in [1.165, 1.54) is 4.68 Å². The van der Waals surface area contributed by atoms with Crippen LogP contribution >= 0.6 is 24.0 Å². The van der Waals surface area contributed by atoms with Gasteiger partial charge in [0.1, 0.15) is 5.82 Å². The third kappa shape index (κ3) is 5.62. The van der Waals surface area contributed by atoms with Crippen LogP contribution in [0, 0.1) is 6.92 Å². The summed E-state index contributed by atoms with van der Waals surface area (Å²) in [6, 6.07) is 4.36. The number of benzene rings is 1. The van der Waals surface area contributed by atoms with Gasteiger partial charge in [-0.15, -0.1) is 12.4 Å². The largest absolute Gasteiger partial charge is 0.416 e. The van der Waals surface area contributed by atoms with Crippen molar-refractivity contribution in [2.75, 3.05) is 5.32 Å². The second-order valence-electron chi connectivity index (χ2n) is 5.81. The molecule has 0 bridgehead atoms. The third-order valence-electron chi connectivity index (χ3n) is 3.43. The Morgan fingerprint density at radius 2 is 2.04 bits per heavy atom. The summed E-state index contributed by atoms with van der Waals surface area (Å²) in [5, 5.41) is 6.86. The van der Waals surface area contributed by atoms with E-state index in [2.05, 4.69) is 10.4 Å². The van der Waals surface area contributed by atoms with Crippen LogP contribution in [0.4, 0.5) is 19.0 Å². The predicted molar refractivity (Wildman–Crippen MR) is 97.1 cm³/mol. The maximum atomic E-state index is 13.0. The average Bonchev–Trinajstić information content (AvgIpc) is 2.84. The lowest BCUT2D eigenvalue weighted by Crippen LogP contribution is -2.20. The van der Waals surface area contributed by atoms with E-state index in [9.17, 15) is 18.0 Å². The molecule has 2 aromatic rings. The number of carbonyl (C=O) groups excluding carboxylic acids is 1. The van der Waals surface area contributed by atoms with E-state index in [0.29, 0.717) is 12.1 Å². The highest BCUT2D eigenvalue weighted by Crippen LogP contribution is 2.34. The van der Waals surface area contributed by atoms with E-state index in [-0.39, 0.29) is 47.3 Å². The van der Waals surface area contributed by atoms with Gasteiger partial charge in [-0.1, -0.05) is 11.6 Å². The fourth-order valence-corrected chi connectivity index (χ4v) is 2.39. The summed E-state index contributed by atoms with van der Waals surface area (Å²) >= 11 is 6.04. The number of aryl methyl sites for hydroxylation is 1. The van der Waals surface area contributed by atoms with Crippen LogP contribution in [0.5, 0.6) is 0 Å². The summed E-state index contributed by atoms with van der Waals surface area (Å²) in [6.07, 6.45) is -3.83. The molecule has 1 atom stereocenters. The Morgan fingerprint density at radius 3 is 2.62 bits per heavy atom. The highest BCUT2D eigenvalue weighted by Gasteiger charge is 2.31. The van der Waals surface area contributed by atoms with Crippen molar-refractivity contribution in [2.24, 2.45) is 5.73 Å². The number of hydrogen-bond donors (Lipinski definition) is 2. The topological polar surface area (TPSA) is 72.9 Å². The third-order valence-corrected chi connectivity index (χ3v) is 3.75. The highest BCUT2D eigenvalue weighted by atomic mass is 35.5. The van der Waals surface area contributed by atoms with E-state index < -0.39 is 11.7 Å². The van der Waals surface area contributed by atoms with E-state index in [1.54, 1.807) is 19.9 Å². The Morgan fingerprint density at radius 1 is 1.38 bits per heavy atom. The highest BCUT2D eigenvalue weighted by molar-refractivity contribution is 6.32. The van der Waals surface area contributed by atoms with E-state index in [0.717, 1.165) is 18.2 Å². The normalized spacial score (nSPS) is 12.4. The van der Waals surface area contributed by atoms with E-state index in [4.69, 9.17) is 17.3 Å². The molecule has 1 aromatic heterocycles. The smallest absolute Gasteiger partial charge is 0.328 e. The monoisotopic (exact) mass is 410 g/mol. The molecule has 26 heavy (non-hydrogen) atoms. The molecule has 0 saturated carbocycles. The SMILES string of the molecule is Cc1cc(NC(=O)CCC(C)N)n(-c2cc(C(F)(F)F)ccc2Cl)n1.Cl. The first kappa shape index (κ1) is 22.3. The maximum absolute atomic E-state index is 13.0. The minimum atomic E-state index is -4.51. The first-order valence-corrected chi connectivity index (χ1v) is 7.95. The van der Waals surface area contributed by atoms with Crippen molar-refractivity contribution >= 4 is 35.7 Å². The molecule has 3 N–H and O–H groups in total. The number of anilines is 1. The van der Waals surface area contributed by atoms with Crippen LogP contribution in [0.15, 0.2) is 24.3 Å². The van der Waals surface area contributed by atoms with Gasteiger partial charge in [0.25, 0.3) is 0 Å². The fraction of sp³-hybridized carbons (Fsp3) is 0.375. The average molecular weight is 411 g/mol. The molecule has 1 amide bonds. The number of nitrogens with one attached hydrogen (secondary N) is 1. The number of alkyl halides is 3. The Labute approximate surface area is 160 Å². The number of nitrogens with zero attached hydrogens (tertiary/aromatic N) is 2. The van der Waals surface area contributed by atoms with Crippen LogP contribution in [-0.4, -0.2) is 21.7 Å². The Kier molecular flexibility index (Phi) is 7.49. The molecule has 0 fully saturated rings. The molecule has 0 radical (unpaired) electrons. The molecule has 0 aliphatic heterocycles. The molecule has 0 spiro atoms. The predicted octanol–water partition coefficient (Wildman–Crippen LogP) is 4.34. The molecule has 5 nitrogen and oxygen atoms in total. The summed E-state index contributed by atoms with van der Waals surface area (Å²) in [5.74, 6) is -0.0602. The molecule has 2 rings (SSSR count). The van der Waals surface area contributed by atoms with Gasteiger partial charge in [-0.05, 0) is 38.5 Å². The Hall–Kier alpha value is -1.77. The van der Waals surface area contributed by atoms with Gasteiger partial charge < -0.3 is 11.1 Å². The van der Waals surface area contributed by atoms with Crippen LogP contribution in [0.1, 0.15) is 31.0 Å². The van der Waals surface area contributed by atoms with Crippen LogP contribution in [0.2, 0.25) is 5.02 Å². The van der Waals surface area contributed by atoms with Crippen LogP contribution in [-0.2, 0) is 11.0 Å². The Bertz CT molecular complexity index is 775. The first-order valence-electron chi connectivity index (χ1n) is 7.57. The molecule has 0 aliphatic rings. The van der Waals surface area contributed by atoms with Gasteiger partial charge in [0.2, 0.25) is 5.91 Å². The summed E-state index contributed by atoms with van der Waals surface area (Å²) < 4.78 is 40.0. The maximum Gasteiger partial charge on any atom is 0.416 e. The minimum absolute atomic E-state index is 0. The lowest BCUT2D eigenvalue weighted by Gasteiger charge is -2.13. The molecule has 1 heterocycles. The summed E-state index contributed by atoms with van der Waals surface area (Å²) in [6.45, 7) is 3.44. The van der Waals surface area contributed by atoms with E-state index in [1.807, 2.05) is 0 Å². The Balaban J connectivity index is 0.00000338. The second-order valence-corrected chi connectivity index (χ2v) is 6.22. The van der Waals surface area contributed by atoms with E-state index >= 15 is 0 Å². The van der Waals surface area contributed by atoms with Crippen molar-refractivity contribution in [3.63, 3.8) is 0 Å². The summed E-state index contributed by atoms with van der Waals surface area (Å²) in [7, 11) is 0. The zero-order chi connectivity index (χ0) is 18.8. The lowest BCUT2D eigenvalue weighted by molar-refractivity contribution is -0.137. The zero-order valence-corrected chi connectivity index (χ0v) is 15.7. The van der Waals surface area contributed by atoms with Gasteiger partial charge in [0, 0.05) is 18.5 Å². The second kappa shape index (κ2) is 8.75.